The molecule has 1 aromatic carbocycles. The molecule has 1 unspecified atom stereocenters. The predicted molar refractivity (Wildman–Crippen MR) is 184 cm³/mol. The van der Waals surface area contributed by atoms with Crippen LogP contribution < -0.4 is 21.7 Å². The van der Waals surface area contributed by atoms with E-state index in [0.29, 0.717) is 12.0 Å². The normalized spacial score (nSPS) is 23.3. The molecule has 3 fully saturated rings. The highest BCUT2D eigenvalue weighted by molar-refractivity contribution is 7.89. The molecular weight excluding hydrogens is 648 g/mol. The largest absolute Gasteiger partial charge is 0.363 e. The third-order valence-corrected chi connectivity index (χ3v) is 12.4. The Kier molecular flexibility index (Phi) is 11.0. The number of amides is 5. The molecule has 270 valence electrons. The number of sulfonamides is 1. The van der Waals surface area contributed by atoms with Crippen molar-refractivity contribution in [2.24, 2.45) is 34.3 Å². The predicted octanol–water partition coefficient (Wildman–Crippen LogP) is 2.18. The SMILES string of the molecule is C=C(C)[C@@H](CN(C)S(=O)(=O)c1ccccc1)NC(=O)N[C@H](C(=O)N1C[C@H]2[C@@H]([C@H]1C(=O)NC(CC1CCC1)C(=O)C(N)=O)C2(C)C)C(C)(C)C. The summed E-state index contributed by atoms with van der Waals surface area (Å²) < 4.78 is 27.4. The van der Waals surface area contributed by atoms with E-state index in [1.54, 1.807) is 45.9 Å². The van der Waals surface area contributed by atoms with E-state index in [-0.39, 0.29) is 41.2 Å². The molecule has 1 heterocycles. The fraction of sp³-hybridized carbons (Fsp3) is 0.629. The number of fused-ring (bicyclic) bond motifs is 1. The Balaban J connectivity index is 1.51. The Morgan fingerprint density at radius 3 is 2.16 bits per heavy atom. The Morgan fingerprint density at radius 2 is 1.65 bits per heavy atom. The van der Waals surface area contributed by atoms with Crippen LogP contribution >= 0.6 is 0 Å². The molecule has 3 aliphatic rings. The van der Waals surface area contributed by atoms with E-state index < -0.39 is 69.1 Å². The summed E-state index contributed by atoms with van der Waals surface area (Å²) in [6.07, 6.45) is 3.13. The molecule has 1 aromatic rings. The molecule has 2 saturated carbocycles. The number of likely N-dealkylation sites (N-methyl/N-ethyl adjacent to an activating group) is 1. The fourth-order valence-corrected chi connectivity index (χ4v) is 8.34. The lowest BCUT2D eigenvalue weighted by molar-refractivity contribution is -0.145. The molecule has 0 bridgehead atoms. The van der Waals surface area contributed by atoms with Crippen molar-refractivity contribution in [3.63, 3.8) is 0 Å². The topological polar surface area (TPSA) is 188 Å². The van der Waals surface area contributed by atoms with Crippen molar-refractivity contribution in [3.05, 3.63) is 42.5 Å². The van der Waals surface area contributed by atoms with Crippen LogP contribution in [0.4, 0.5) is 4.79 Å². The minimum Gasteiger partial charge on any atom is -0.363 e. The van der Waals surface area contributed by atoms with Gasteiger partial charge in [0.05, 0.1) is 17.0 Å². The lowest BCUT2D eigenvalue weighted by atomic mass is 9.80. The number of piperidine rings is 1. The molecule has 0 spiro atoms. The average Bonchev–Trinajstić information content (AvgIpc) is 3.31. The molecule has 13 nitrogen and oxygen atoms in total. The molecule has 4 rings (SSSR count). The summed E-state index contributed by atoms with van der Waals surface area (Å²) >= 11 is 0. The van der Waals surface area contributed by atoms with Crippen LogP contribution in [0.3, 0.4) is 0 Å². The lowest BCUT2D eigenvalue weighted by Crippen LogP contribution is -2.62. The van der Waals surface area contributed by atoms with Gasteiger partial charge in [0, 0.05) is 20.1 Å². The molecule has 0 aromatic heterocycles. The van der Waals surface area contributed by atoms with Gasteiger partial charge in [0.15, 0.2) is 0 Å². The highest BCUT2D eigenvalue weighted by atomic mass is 32.2. The van der Waals surface area contributed by atoms with Gasteiger partial charge in [-0.15, -0.1) is 0 Å². The lowest BCUT2D eigenvalue weighted by Gasteiger charge is -2.38. The van der Waals surface area contributed by atoms with Gasteiger partial charge in [-0.25, -0.2) is 13.2 Å². The number of rotatable bonds is 14. The zero-order valence-electron chi connectivity index (χ0n) is 29.6. The van der Waals surface area contributed by atoms with Gasteiger partial charge in [0.25, 0.3) is 5.91 Å². The van der Waals surface area contributed by atoms with E-state index in [0.717, 1.165) is 23.6 Å². The van der Waals surface area contributed by atoms with Crippen LogP contribution in [0.25, 0.3) is 0 Å². The molecule has 14 heteroatoms. The summed E-state index contributed by atoms with van der Waals surface area (Å²) in [4.78, 5) is 67.9. The van der Waals surface area contributed by atoms with Gasteiger partial charge in [-0.1, -0.05) is 84.2 Å². The van der Waals surface area contributed by atoms with Crippen LogP contribution in [0.15, 0.2) is 47.4 Å². The minimum atomic E-state index is -3.85. The maximum atomic E-state index is 14.3. The molecule has 1 saturated heterocycles. The number of nitrogens with one attached hydrogen (secondary N) is 3. The van der Waals surface area contributed by atoms with Gasteiger partial charge in [0.2, 0.25) is 27.6 Å². The van der Waals surface area contributed by atoms with Gasteiger partial charge in [-0.2, -0.15) is 4.31 Å². The van der Waals surface area contributed by atoms with Crippen molar-refractivity contribution in [1.82, 2.24) is 25.2 Å². The van der Waals surface area contributed by atoms with Crippen LogP contribution in [-0.4, -0.2) is 91.5 Å². The van der Waals surface area contributed by atoms with Gasteiger partial charge in [0.1, 0.15) is 12.1 Å². The van der Waals surface area contributed by atoms with Crippen LogP contribution in [0, 0.1) is 28.6 Å². The number of hydrogen-bond donors (Lipinski definition) is 4. The number of ketones is 1. The van der Waals surface area contributed by atoms with E-state index in [1.807, 2.05) is 13.8 Å². The average molecular weight is 701 g/mol. The summed E-state index contributed by atoms with van der Waals surface area (Å²) in [7, 11) is -2.43. The third-order valence-electron chi connectivity index (χ3n) is 10.6. The zero-order chi connectivity index (χ0) is 36.6. The molecular formula is C35H52N6O7S. The van der Waals surface area contributed by atoms with Crippen molar-refractivity contribution in [1.29, 1.82) is 0 Å². The quantitative estimate of drug-likeness (QED) is 0.169. The first-order valence-electron chi connectivity index (χ1n) is 16.9. The number of carbonyl (C=O) groups is 5. The van der Waals surface area contributed by atoms with E-state index in [1.165, 1.54) is 24.1 Å². The minimum absolute atomic E-state index is 0.0356. The molecule has 0 radical (unpaired) electrons. The van der Waals surface area contributed by atoms with Crippen LogP contribution in [0.5, 0.6) is 0 Å². The smallest absolute Gasteiger partial charge is 0.315 e. The number of nitrogens with zero attached hydrogens (tertiary/aromatic N) is 2. The Hall–Kier alpha value is -3.78. The van der Waals surface area contributed by atoms with Crippen molar-refractivity contribution in [3.8, 4) is 0 Å². The van der Waals surface area contributed by atoms with Gasteiger partial charge in [-0.05, 0) is 54.1 Å². The number of urea groups is 1. The molecule has 5 amide bonds. The number of nitrogens with two attached hydrogens (primary N) is 1. The first-order valence-corrected chi connectivity index (χ1v) is 18.3. The maximum Gasteiger partial charge on any atom is 0.315 e. The molecule has 49 heavy (non-hydrogen) atoms. The first-order chi connectivity index (χ1) is 22.7. The van der Waals surface area contributed by atoms with Gasteiger partial charge in [-0.3, -0.25) is 19.2 Å². The standard InChI is InChI=1S/C35H52N6O7S/c1-20(2)25(19-40(8)49(47,48)22-15-10-9-11-16-22)38-33(46)39-29(34(3,4)5)32(45)41-18-23-26(35(23,6)7)27(41)31(44)37-24(28(42)30(36)43)17-21-13-12-14-21/h9-11,15-16,21,23-27,29H,1,12-14,17-19H2,2-8H3,(H2,36,43)(H,37,44)(H2,38,39,46)/t23-,24?,25+,26-,27-,29+/m0/s1. The Bertz CT molecular complexity index is 1580. The van der Waals surface area contributed by atoms with Crippen LogP contribution in [0.2, 0.25) is 0 Å². The number of likely N-dealkylation sites (tertiary alicyclic amines) is 1. The fourth-order valence-electron chi connectivity index (χ4n) is 7.13. The number of primary amides is 1. The summed E-state index contributed by atoms with van der Waals surface area (Å²) in [5.41, 5.74) is 4.82. The second-order valence-electron chi connectivity index (χ2n) is 15.6. The monoisotopic (exact) mass is 700 g/mol. The second-order valence-corrected chi connectivity index (χ2v) is 17.7. The highest BCUT2D eigenvalue weighted by Crippen LogP contribution is 2.65. The van der Waals surface area contributed by atoms with Crippen molar-refractivity contribution >= 4 is 39.6 Å². The summed E-state index contributed by atoms with van der Waals surface area (Å²) in [5, 5.41) is 8.34. The summed E-state index contributed by atoms with van der Waals surface area (Å²) in [6.45, 7) is 15.2. The Labute approximate surface area is 289 Å². The summed E-state index contributed by atoms with van der Waals surface area (Å²) in [6, 6.07) is 3.40. The maximum absolute atomic E-state index is 14.3. The van der Waals surface area contributed by atoms with Gasteiger partial charge < -0.3 is 26.6 Å². The Morgan fingerprint density at radius 1 is 1.04 bits per heavy atom. The van der Waals surface area contributed by atoms with Crippen molar-refractivity contribution < 1.29 is 32.4 Å². The van der Waals surface area contributed by atoms with Crippen LogP contribution in [-0.2, 0) is 29.2 Å². The summed E-state index contributed by atoms with van der Waals surface area (Å²) in [5.74, 6) is -2.89. The molecule has 6 atom stereocenters. The van der Waals surface area contributed by atoms with E-state index in [2.05, 4.69) is 22.5 Å². The van der Waals surface area contributed by atoms with E-state index >= 15 is 0 Å². The van der Waals surface area contributed by atoms with Gasteiger partial charge >= 0.3 is 6.03 Å². The van der Waals surface area contributed by atoms with E-state index in [4.69, 9.17) is 5.73 Å². The molecule has 2 aliphatic carbocycles. The number of hydrogen-bond acceptors (Lipinski definition) is 7. The van der Waals surface area contributed by atoms with Crippen molar-refractivity contribution in [2.75, 3.05) is 20.1 Å². The highest BCUT2D eigenvalue weighted by Gasteiger charge is 2.70. The van der Waals surface area contributed by atoms with Crippen molar-refractivity contribution in [2.45, 2.75) is 96.3 Å². The number of Topliss-reactive ketones (excluding diaryl/α,β-unsaturated/α-hetero) is 1. The molecule has 1 aliphatic heterocycles. The first kappa shape index (κ1) is 38.0. The zero-order valence-corrected chi connectivity index (χ0v) is 30.4. The van der Waals surface area contributed by atoms with Crippen LogP contribution in [0.1, 0.15) is 67.2 Å². The second kappa shape index (κ2) is 14.2. The number of benzene rings is 1. The third kappa shape index (κ3) is 8.17. The number of carbonyl (C=O) groups excluding carboxylic acids is 5. The molecule has 5 N–H and O–H groups in total. The van der Waals surface area contributed by atoms with E-state index in [9.17, 15) is 32.4 Å².